The van der Waals surface area contributed by atoms with Gasteiger partial charge in [0.1, 0.15) is 0 Å². The van der Waals surface area contributed by atoms with E-state index in [1.165, 1.54) is 23.3 Å². The Labute approximate surface area is 91.5 Å². The van der Waals surface area contributed by atoms with E-state index in [-0.39, 0.29) is 0 Å². The molecule has 0 bridgehead atoms. The minimum Gasteiger partial charge on any atom is -0.289 e. The topological polar surface area (TPSA) is 25.2 Å². The fourth-order valence-electron chi connectivity index (χ4n) is 1.86. The Bertz CT molecular complexity index is 394. The van der Waals surface area contributed by atoms with Gasteiger partial charge in [0, 0.05) is 29.7 Å². The molecule has 0 aromatic carbocycles. The smallest absolute Gasteiger partial charge is 0.0436 e. The Balaban J connectivity index is 2.26. The molecule has 0 fully saturated rings. The van der Waals surface area contributed by atoms with Crippen LogP contribution in [0.5, 0.6) is 0 Å². The standard InChI is InChI=1S/C13H18N2/c1-9-4-5-13(15-7-9)12-6-10(2)11(3)14-8-12/h6,8-9H,4-5,7H2,1-3H3/t9-/m0/s1. The van der Waals surface area contributed by atoms with Crippen LogP contribution in [0.15, 0.2) is 17.3 Å². The molecule has 1 aliphatic heterocycles. The largest absolute Gasteiger partial charge is 0.289 e. The van der Waals surface area contributed by atoms with Crippen LogP contribution in [0.1, 0.15) is 36.6 Å². The van der Waals surface area contributed by atoms with Crippen LogP contribution >= 0.6 is 0 Å². The maximum Gasteiger partial charge on any atom is 0.0436 e. The second-order valence-corrected chi connectivity index (χ2v) is 4.56. The summed E-state index contributed by atoms with van der Waals surface area (Å²) >= 11 is 0. The van der Waals surface area contributed by atoms with Gasteiger partial charge < -0.3 is 0 Å². The maximum absolute atomic E-state index is 4.63. The van der Waals surface area contributed by atoms with Gasteiger partial charge >= 0.3 is 0 Å². The summed E-state index contributed by atoms with van der Waals surface area (Å²) in [6.07, 6.45) is 4.31. The summed E-state index contributed by atoms with van der Waals surface area (Å²) in [5, 5.41) is 0. The third-order valence-corrected chi connectivity index (χ3v) is 3.14. The van der Waals surface area contributed by atoms with Gasteiger partial charge in [0.2, 0.25) is 0 Å². The van der Waals surface area contributed by atoms with Gasteiger partial charge in [-0.1, -0.05) is 6.92 Å². The number of hydrogen-bond acceptors (Lipinski definition) is 2. The van der Waals surface area contributed by atoms with Gasteiger partial charge in [-0.15, -0.1) is 0 Å². The zero-order valence-electron chi connectivity index (χ0n) is 9.75. The lowest BCUT2D eigenvalue weighted by molar-refractivity contribution is 0.538. The third kappa shape index (κ3) is 2.25. The maximum atomic E-state index is 4.63. The summed E-state index contributed by atoms with van der Waals surface area (Å²) in [6.45, 7) is 7.39. The molecule has 2 heterocycles. The van der Waals surface area contributed by atoms with Crippen LogP contribution in [0.4, 0.5) is 0 Å². The van der Waals surface area contributed by atoms with E-state index in [0.29, 0.717) is 0 Å². The molecule has 1 atom stereocenters. The first-order valence-corrected chi connectivity index (χ1v) is 5.64. The first-order valence-electron chi connectivity index (χ1n) is 5.64. The summed E-state index contributed by atoms with van der Waals surface area (Å²) < 4.78 is 0. The fourth-order valence-corrected chi connectivity index (χ4v) is 1.86. The molecule has 0 radical (unpaired) electrons. The predicted octanol–water partition coefficient (Wildman–Crippen LogP) is 2.92. The van der Waals surface area contributed by atoms with Crippen LogP contribution in [0.25, 0.3) is 0 Å². The minimum atomic E-state index is 0.744. The van der Waals surface area contributed by atoms with Gasteiger partial charge in [-0.25, -0.2) is 0 Å². The number of rotatable bonds is 1. The van der Waals surface area contributed by atoms with Gasteiger partial charge in [-0.05, 0) is 44.2 Å². The first-order chi connectivity index (χ1) is 7.16. The summed E-state index contributed by atoms with van der Waals surface area (Å²) in [7, 11) is 0. The van der Waals surface area contributed by atoms with E-state index in [1.807, 2.05) is 13.1 Å². The number of aromatic nitrogens is 1. The first kappa shape index (κ1) is 10.3. The molecular weight excluding hydrogens is 184 g/mol. The highest BCUT2D eigenvalue weighted by Gasteiger charge is 2.13. The minimum absolute atomic E-state index is 0.744. The Morgan fingerprint density at radius 3 is 2.73 bits per heavy atom. The number of hydrogen-bond donors (Lipinski definition) is 0. The molecule has 0 aliphatic carbocycles. The summed E-state index contributed by atoms with van der Waals surface area (Å²) in [6, 6.07) is 2.21. The van der Waals surface area contributed by atoms with Crippen molar-refractivity contribution in [3.63, 3.8) is 0 Å². The highest BCUT2D eigenvalue weighted by atomic mass is 14.8. The summed E-state index contributed by atoms with van der Waals surface area (Å²) in [5.41, 5.74) is 4.83. The Kier molecular flexibility index (Phi) is 2.85. The van der Waals surface area contributed by atoms with E-state index in [4.69, 9.17) is 0 Å². The van der Waals surface area contributed by atoms with E-state index in [9.17, 15) is 0 Å². The molecule has 0 unspecified atom stereocenters. The van der Waals surface area contributed by atoms with Crippen LogP contribution in [0.3, 0.4) is 0 Å². The summed E-state index contributed by atoms with van der Waals surface area (Å²) in [5.74, 6) is 0.744. The van der Waals surface area contributed by atoms with Crippen molar-refractivity contribution in [2.45, 2.75) is 33.6 Å². The lowest BCUT2D eigenvalue weighted by Crippen LogP contribution is -2.14. The Morgan fingerprint density at radius 2 is 2.13 bits per heavy atom. The monoisotopic (exact) mass is 202 g/mol. The lowest BCUT2D eigenvalue weighted by atomic mass is 9.96. The molecule has 0 saturated heterocycles. The second kappa shape index (κ2) is 4.13. The van der Waals surface area contributed by atoms with Gasteiger partial charge in [0.05, 0.1) is 0 Å². The predicted molar refractivity (Wildman–Crippen MR) is 63.5 cm³/mol. The van der Waals surface area contributed by atoms with Crippen molar-refractivity contribution < 1.29 is 0 Å². The molecule has 15 heavy (non-hydrogen) atoms. The summed E-state index contributed by atoms with van der Waals surface area (Å²) in [4.78, 5) is 9.02. The fraction of sp³-hybridized carbons (Fsp3) is 0.538. The van der Waals surface area contributed by atoms with E-state index in [1.54, 1.807) is 0 Å². The number of nitrogens with zero attached hydrogens (tertiary/aromatic N) is 2. The van der Waals surface area contributed by atoms with E-state index in [0.717, 1.165) is 24.6 Å². The molecule has 1 aromatic heterocycles. The average Bonchev–Trinajstić information content (AvgIpc) is 2.23. The number of aryl methyl sites for hydroxylation is 2. The van der Waals surface area contributed by atoms with Gasteiger partial charge in [0.15, 0.2) is 0 Å². The molecule has 2 heteroatoms. The van der Waals surface area contributed by atoms with Gasteiger partial charge in [-0.3, -0.25) is 9.98 Å². The van der Waals surface area contributed by atoms with Gasteiger partial charge in [0.25, 0.3) is 0 Å². The van der Waals surface area contributed by atoms with Crippen LogP contribution in [0.2, 0.25) is 0 Å². The molecule has 2 rings (SSSR count). The Hall–Kier alpha value is -1.18. The molecule has 1 aromatic rings. The molecule has 0 spiro atoms. The normalized spacial score (nSPS) is 21.3. The van der Waals surface area contributed by atoms with Crippen LogP contribution < -0.4 is 0 Å². The molecule has 0 amide bonds. The van der Waals surface area contributed by atoms with Crippen LogP contribution in [-0.4, -0.2) is 17.2 Å². The molecule has 0 N–H and O–H groups in total. The quantitative estimate of drug-likeness (QED) is 0.687. The van der Waals surface area contributed by atoms with E-state index < -0.39 is 0 Å². The Morgan fingerprint density at radius 1 is 1.33 bits per heavy atom. The number of pyridine rings is 1. The zero-order chi connectivity index (χ0) is 10.8. The molecule has 1 aliphatic rings. The van der Waals surface area contributed by atoms with Crippen LogP contribution in [0, 0.1) is 19.8 Å². The van der Waals surface area contributed by atoms with Crippen LogP contribution in [-0.2, 0) is 0 Å². The van der Waals surface area contributed by atoms with Gasteiger partial charge in [-0.2, -0.15) is 0 Å². The molecular formula is C13H18N2. The van der Waals surface area contributed by atoms with Crippen molar-refractivity contribution in [2.75, 3.05) is 6.54 Å². The average molecular weight is 202 g/mol. The van der Waals surface area contributed by atoms with Crippen molar-refractivity contribution in [1.82, 2.24) is 4.98 Å². The number of aliphatic imine (C=N–C) groups is 1. The SMILES string of the molecule is Cc1cc(C2=NC[C@@H](C)CC2)cnc1C. The second-order valence-electron chi connectivity index (χ2n) is 4.56. The van der Waals surface area contributed by atoms with Crippen molar-refractivity contribution in [3.05, 3.63) is 29.1 Å². The third-order valence-electron chi connectivity index (χ3n) is 3.14. The highest BCUT2D eigenvalue weighted by molar-refractivity contribution is 6.00. The lowest BCUT2D eigenvalue weighted by Gasteiger charge is -2.17. The van der Waals surface area contributed by atoms with Crippen molar-refractivity contribution >= 4 is 5.71 Å². The molecule has 0 saturated carbocycles. The van der Waals surface area contributed by atoms with E-state index >= 15 is 0 Å². The zero-order valence-corrected chi connectivity index (χ0v) is 9.75. The van der Waals surface area contributed by atoms with E-state index in [2.05, 4.69) is 29.9 Å². The van der Waals surface area contributed by atoms with Crippen molar-refractivity contribution in [3.8, 4) is 0 Å². The molecule has 80 valence electrons. The molecule has 2 nitrogen and oxygen atoms in total. The highest BCUT2D eigenvalue weighted by Crippen LogP contribution is 2.18. The van der Waals surface area contributed by atoms with Crippen molar-refractivity contribution in [2.24, 2.45) is 10.9 Å². The van der Waals surface area contributed by atoms with Crippen molar-refractivity contribution in [1.29, 1.82) is 0 Å².